The van der Waals surface area contributed by atoms with Crippen LogP contribution in [0, 0.1) is 11.8 Å². The summed E-state index contributed by atoms with van der Waals surface area (Å²) in [6.45, 7) is 13.5. The first-order valence-electron chi connectivity index (χ1n) is 26.7. The van der Waals surface area contributed by atoms with Crippen molar-refractivity contribution in [1.29, 1.82) is 0 Å². The zero-order valence-corrected chi connectivity index (χ0v) is 42.0. The van der Waals surface area contributed by atoms with Crippen LogP contribution in [0.25, 0.3) is 0 Å². The van der Waals surface area contributed by atoms with Crippen LogP contribution in [-0.2, 0) is 39.9 Å². The third-order valence-electron chi connectivity index (χ3n) is 12.5. The van der Waals surface area contributed by atoms with E-state index in [2.05, 4.69) is 51.8 Å². The summed E-state index contributed by atoms with van der Waals surface area (Å²) in [7, 11) is 2.05. The number of ether oxygens (including phenoxy) is 5. The van der Waals surface area contributed by atoms with Crippen molar-refractivity contribution in [2.24, 2.45) is 11.8 Å². The van der Waals surface area contributed by atoms with E-state index in [4.69, 9.17) is 23.7 Å². The zero-order chi connectivity index (χ0) is 45.7. The minimum absolute atomic E-state index is 0.190. The zero-order valence-electron chi connectivity index (χ0n) is 42.0. The molecule has 1 aromatic rings. The van der Waals surface area contributed by atoms with Crippen LogP contribution in [0.2, 0.25) is 0 Å². The van der Waals surface area contributed by atoms with Crippen molar-refractivity contribution in [3.05, 3.63) is 35.9 Å². The minimum atomic E-state index is -0.264. The van der Waals surface area contributed by atoms with Gasteiger partial charge in [0.1, 0.15) is 0 Å². The third kappa shape index (κ3) is 38.9. The summed E-state index contributed by atoms with van der Waals surface area (Å²) in [5.41, 5.74) is 1.16. The van der Waals surface area contributed by atoms with Gasteiger partial charge in [0.15, 0.2) is 0 Å². The number of nitrogens with zero attached hydrogens (tertiary/aromatic N) is 1. The van der Waals surface area contributed by atoms with Crippen LogP contribution in [0.3, 0.4) is 0 Å². The fraction of sp³-hybridized carbons (Fsp3) is 0.855. The van der Waals surface area contributed by atoms with Crippen LogP contribution < -0.4 is 0 Å². The molecule has 1 atom stereocenters. The second-order valence-electron chi connectivity index (χ2n) is 18.7. The van der Waals surface area contributed by atoms with Gasteiger partial charge < -0.3 is 28.6 Å². The second-order valence-corrected chi connectivity index (χ2v) is 18.7. The molecule has 0 N–H and O–H groups in total. The SMILES string of the molecule is CCCCCCCCC(CCCCCCCC)COC(=O)CCOCC(CN(C)CCOCc1ccccc1)OCCC(=O)OCC(CCCCCCCC)CCCCCCCC. The van der Waals surface area contributed by atoms with E-state index in [0.29, 0.717) is 51.4 Å². The molecule has 0 heterocycles. The Labute approximate surface area is 389 Å². The first-order chi connectivity index (χ1) is 30.9. The molecule has 0 fully saturated rings. The van der Waals surface area contributed by atoms with E-state index in [1.54, 1.807) is 0 Å². The minimum Gasteiger partial charge on any atom is -0.465 e. The molecule has 1 aromatic carbocycles. The summed E-state index contributed by atoms with van der Waals surface area (Å²) in [6.07, 6.45) is 35.6. The molecular formula is C55H101NO7. The molecular weight excluding hydrogens is 787 g/mol. The van der Waals surface area contributed by atoms with Crippen molar-refractivity contribution in [3.63, 3.8) is 0 Å². The number of carbonyl (C=O) groups is 2. The van der Waals surface area contributed by atoms with E-state index in [1.807, 2.05) is 18.2 Å². The molecule has 0 amide bonds. The van der Waals surface area contributed by atoms with Gasteiger partial charge in [-0.3, -0.25) is 9.59 Å². The Hall–Kier alpha value is -2.00. The smallest absolute Gasteiger partial charge is 0.308 e. The monoisotopic (exact) mass is 888 g/mol. The number of likely N-dealkylation sites (N-methyl/N-ethyl adjacent to an activating group) is 1. The van der Waals surface area contributed by atoms with Crippen molar-refractivity contribution < 1.29 is 33.3 Å². The molecule has 1 unspecified atom stereocenters. The van der Waals surface area contributed by atoms with Gasteiger partial charge in [0, 0.05) is 13.1 Å². The fourth-order valence-corrected chi connectivity index (χ4v) is 8.30. The molecule has 8 nitrogen and oxygen atoms in total. The first-order valence-corrected chi connectivity index (χ1v) is 26.7. The average molecular weight is 888 g/mol. The number of hydrogen-bond donors (Lipinski definition) is 0. The Kier molecular flexibility index (Phi) is 42.3. The number of carbonyl (C=O) groups excluding carboxylic acids is 2. The second kappa shape index (κ2) is 45.2. The lowest BCUT2D eigenvalue weighted by Crippen LogP contribution is -2.36. The van der Waals surface area contributed by atoms with E-state index in [1.165, 1.54) is 154 Å². The normalized spacial score (nSPS) is 12.2. The van der Waals surface area contributed by atoms with E-state index in [9.17, 15) is 9.59 Å². The molecule has 0 aromatic heterocycles. The van der Waals surface area contributed by atoms with Crippen LogP contribution in [0.1, 0.15) is 226 Å². The lowest BCUT2D eigenvalue weighted by atomic mass is 9.95. The maximum atomic E-state index is 13.0. The lowest BCUT2D eigenvalue weighted by molar-refractivity contribution is -0.149. The van der Waals surface area contributed by atoms with Gasteiger partial charge in [-0.2, -0.15) is 0 Å². The fourth-order valence-electron chi connectivity index (χ4n) is 8.30. The van der Waals surface area contributed by atoms with Gasteiger partial charge in [-0.25, -0.2) is 0 Å². The van der Waals surface area contributed by atoms with Crippen LogP contribution in [-0.4, -0.2) is 82.7 Å². The van der Waals surface area contributed by atoms with Gasteiger partial charge in [-0.1, -0.05) is 212 Å². The van der Waals surface area contributed by atoms with Gasteiger partial charge in [0.2, 0.25) is 0 Å². The Bertz CT molecular complexity index is 1090. The summed E-state index contributed by atoms with van der Waals surface area (Å²) in [6, 6.07) is 10.2. The average Bonchev–Trinajstić information content (AvgIpc) is 3.29. The summed E-state index contributed by atoms with van der Waals surface area (Å²) < 4.78 is 30.0. The summed E-state index contributed by atoms with van der Waals surface area (Å²) in [5.74, 6) is 0.493. The molecule has 368 valence electrons. The van der Waals surface area contributed by atoms with Crippen LogP contribution in [0.15, 0.2) is 30.3 Å². The Morgan fingerprint density at radius 2 is 0.905 bits per heavy atom. The van der Waals surface area contributed by atoms with E-state index >= 15 is 0 Å². The van der Waals surface area contributed by atoms with Gasteiger partial charge in [0.25, 0.3) is 0 Å². The van der Waals surface area contributed by atoms with Gasteiger partial charge in [0.05, 0.1) is 65.2 Å². The molecule has 8 heteroatoms. The molecule has 0 aliphatic carbocycles. The van der Waals surface area contributed by atoms with Crippen LogP contribution >= 0.6 is 0 Å². The van der Waals surface area contributed by atoms with Gasteiger partial charge >= 0.3 is 11.9 Å². The third-order valence-corrected chi connectivity index (χ3v) is 12.5. The summed E-state index contributed by atoms with van der Waals surface area (Å²) in [5, 5.41) is 0. The highest BCUT2D eigenvalue weighted by Gasteiger charge is 2.18. The van der Waals surface area contributed by atoms with Gasteiger partial charge in [-0.05, 0) is 50.1 Å². The maximum absolute atomic E-state index is 13.0. The molecule has 0 bridgehead atoms. The highest BCUT2D eigenvalue weighted by atomic mass is 16.6. The van der Waals surface area contributed by atoms with E-state index < -0.39 is 0 Å². The predicted octanol–water partition coefficient (Wildman–Crippen LogP) is 14.6. The van der Waals surface area contributed by atoms with Crippen molar-refractivity contribution in [1.82, 2.24) is 4.90 Å². The Morgan fingerprint density at radius 3 is 1.35 bits per heavy atom. The largest absolute Gasteiger partial charge is 0.465 e. The molecule has 0 spiro atoms. The number of esters is 2. The molecule has 0 aliphatic heterocycles. The standard InChI is InChI=1S/C55H101NO7/c1-6-10-14-18-22-27-35-51(36-28-23-19-15-11-7-2)47-62-54(57)39-42-59-49-53(45-56(5)41-44-60-46-50-33-31-26-32-34-50)61-43-40-55(58)63-48-52(37-29-24-20-16-12-8-3)38-30-25-21-17-13-9-4/h26,31-34,51-53H,6-25,27-30,35-49H2,1-5H3. The Morgan fingerprint density at radius 1 is 0.492 bits per heavy atom. The molecule has 0 radical (unpaired) electrons. The molecule has 1 rings (SSSR count). The summed E-state index contributed by atoms with van der Waals surface area (Å²) >= 11 is 0. The molecule has 63 heavy (non-hydrogen) atoms. The maximum Gasteiger partial charge on any atom is 0.308 e. The summed E-state index contributed by atoms with van der Waals surface area (Å²) in [4.78, 5) is 28.1. The van der Waals surface area contributed by atoms with E-state index in [0.717, 1.165) is 37.8 Å². The van der Waals surface area contributed by atoms with Gasteiger partial charge in [-0.15, -0.1) is 0 Å². The number of hydrogen-bond acceptors (Lipinski definition) is 8. The van der Waals surface area contributed by atoms with Crippen molar-refractivity contribution >= 4 is 11.9 Å². The lowest BCUT2D eigenvalue weighted by Gasteiger charge is -2.24. The van der Waals surface area contributed by atoms with Crippen LogP contribution in [0.5, 0.6) is 0 Å². The van der Waals surface area contributed by atoms with Crippen molar-refractivity contribution in [2.45, 2.75) is 233 Å². The topological polar surface area (TPSA) is 83.5 Å². The Balaban J connectivity index is 2.64. The number of unbranched alkanes of at least 4 members (excludes halogenated alkanes) is 20. The molecule has 0 saturated heterocycles. The predicted molar refractivity (Wildman–Crippen MR) is 264 cm³/mol. The number of benzene rings is 1. The van der Waals surface area contributed by atoms with Crippen LogP contribution in [0.4, 0.5) is 0 Å². The van der Waals surface area contributed by atoms with Crippen molar-refractivity contribution in [2.75, 3.05) is 59.8 Å². The number of rotatable bonds is 48. The quantitative estimate of drug-likeness (QED) is 0.0473. The molecule has 0 aliphatic rings. The van der Waals surface area contributed by atoms with Crippen molar-refractivity contribution in [3.8, 4) is 0 Å². The van der Waals surface area contributed by atoms with E-state index in [-0.39, 0.29) is 44.1 Å². The first kappa shape index (κ1) is 59.0. The molecule has 0 saturated carbocycles. The highest BCUT2D eigenvalue weighted by molar-refractivity contribution is 5.69. The highest BCUT2D eigenvalue weighted by Crippen LogP contribution is 2.22.